The summed E-state index contributed by atoms with van der Waals surface area (Å²) >= 11 is 5.74. The van der Waals surface area contributed by atoms with E-state index in [1.807, 2.05) is 0 Å². The van der Waals surface area contributed by atoms with Crippen molar-refractivity contribution in [2.75, 3.05) is 18.0 Å². The third-order valence-electron chi connectivity index (χ3n) is 3.85. The quantitative estimate of drug-likeness (QED) is 0.466. The van der Waals surface area contributed by atoms with Crippen LogP contribution in [0.25, 0.3) is 0 Å². The van der Waals surface area contributed by atoms with Crippen LogP contribution in [-0.4, -0.2) is 34.1 Å². The summed E-state index contributed by atoms with van der Waals surface area (Å²) in [5, 5.41) is 11.0. The summed E-state index contributed by atoms with van der Waals surface area (Å²) in [5.41, 5.74) is -0.228. The lowest BCUT2D eigenvalue weighted by atomic mass is 10.1. The second-order valence-corrected chi connectivity index (χ2v) is 5.82. The van der Waals surface area contributed by atoms with Crippen LogP contribution in [0.1, 0.15) is 12.8 Å². The normalized spacial score (nSPS) is 15.2. The van der Waals surface area contributed by atoms with Crippen LogP contribution >= 0.6 is 11.6 Å². The van der Waals surface area contributed by atoms with Gasteiger partial charge in [-0.1, -0.05) is 0 Å². The summed E-state index contributed by atoms with van der Waals surface area (Å²) in [4.78, 5) is 19.8. The average molecular weight is 371 g/mol. The predicted molar refractivity (Wildman–Crippen MR) is 85.9 cm³/mol. The van der Waals surface area contributed by atoms with Crippen LogP contribution in [0.5, 0.6) is 5.75 Å². The molecule has 2 heterocycles. The number of ether oxygens (including phenoxy) is 1. The molecule has 10 heteroatoms. The monoisotopic (exact) mass is 370 g/mol. The van der Waals surface area contributed by atoms with Crippen molar-refractivity contribution < 1.29 is 18.4 Å². The minimum absolute atomic E-state index is 0.0177. The fraction of sp³-hybridized carbons (Fsp3) is 0.333. The highest BCUT2D eigenvalue weighted by Crippen LogP contribution is 2.30. The minimum Gasteiger partial charge on any atom is -0.487 e. The van der Waals surface area contributed by atoms with E-state index in [-0.39, 0.29) is 28.6 Å². The molecule has 1 aromatic carbocycles. The molecule has 0 unspecified atom stereocenters. The summed E-state index contributed by atoms with van der Waals surface area (Å²) < 4.78 is 32.1. The van der Waals surface area contributed by atoms with Crippen molar-refractivity contribution in [3.05, 3.63) is 51.4 Å². The maximum atomic E-state index is 13.7. The molecular formula is C15H13ClF2N4O3. The first-order valence-electron chi connectivity index (χ1n) is 7.47. The van der Waals surface area contributed by atoms with Crippen LogP contribution in [0, 0.1) is 21.7 Å². The van der Waals surface area contributed by atoms with Crippen molar-refractivity contribution in [2.24, 2.45) is 0 Å². The lowest BCUT2D eigenvalue weighted by molar-refractivity contribution is -0.384. The number of anilines is 1. The first kappa shape index (κ1) is 17.3. The molecule has 1 saturated heterocycles. The van der Waals surface area contributed by atoms with E-state index in [0.29, 0.717) is 25.9 Å². The van der Waals surface area contributed by atoms with Gasteiger partial charge in [-0.05, 0) is 23.7 Å². The third kappa shape index (κ3) is 3.93. The number of halogens is 3. The van der Waals surface area contributed by atoms with E-state index < -0.39 is 16.6 Å². The Bertz CT molecular complexity index is 800. The lowest BCUT2D eigenvalue weighted by Crippen LogP contribution is -2.39. The van der Waals surface area contributed by atoms with Crippen molar-refractivity contribution in [2.45, 2.75) is 18.9 Å². The molecule has 7 nitrogen and oxygen atoms in total. The molecule has 25 heavy (non-hydrogen) atoms. The summed E-state index contributed by atoms with van der Waals surface area (Å²) in [6.07, 6.45) is 1.78. The predicted octanol–water partition coefficient (Wildman–Crippen LogP) is 3.36. The van der Waals surface area contributed by atoms with Crippen LogP contribution in [0.2, 0.25) is 5.28 Å². The fourth-order valence-electron chi connectivity index (χ4n) is 2.64. The molecule has 1 aliphatic heterocycles. The SMILES string of the molecule is O=[N+]([O-])c1cnc(Cl)nc1N1CCC(Oc2ccc(F)cc2F)CC1. The molecule has 0 bridgehead atoms. The number of nitrogens with zero attached hydrogens (tertiary/aromatic N) is 4. The van der Waals surface area contributed by atoms with Gasteiger partial charge in [0.1, 0.15) is 18.1 Å². The molecule has 0 aliphatic carbocycles. The van der Waals surface area contributed by atoms with E-state index in [0.717, 1.165) is 18.3 Å². The van der Waals surface area contributed by atoms with Gasteiger partial charge in [0.15, 0.2) is 11.6 Å². The van der Waals surface area contributed by atoms with Gasteiger partial charge >= 0.3 is 5.69 Å². The van der Waals surface area contributed by atoms with Gasteiger partial charge in [0.2, 0.25) is 11.1 Å². The number of hydrogen-bond donors (Lipinski definition) is 0. The average Bonchev–Trinajstić information content (AvgIpc) is 2.58. The molecule has 0 amide bonds. The molecule has 1 aliphatic rings. The number of piperidine rings is 1. The highest BCUT2D eigenvalue weighted by atomic mass is 35.5. The first-order chi connectivity index (χ1) is 11.9. The standard InChI is InChI=1S/C15H13ClF2N4O3/c16-15-19-8-12(22(23)24)14(20-15)21-5-3-10(4-6-21)25-13-2-1-9(17)7-11(13)18/h1-2,7-8,10H,3-6H2. The first-order valence-corrected chi connectivity index (χ1v) is 7.85. The second-order valence-electron chi connectivity index (χ2n) is 5.48. The summed E-state index contributed by atoms with van der Waals surface area (Å²) in [6, 6.07) is 3.13. The van der Waals surface area contributed by atoms with Gasteiger partial charge in [-0.2, -0.15) is 4.98 Å². The van der Waals surface area contributed by atoms with E-state index >= 15 is 0 Å². The molecule has 132 valence electrons. The Hall–Kier alpha value is -2.55. The summed E-state index contributed by atoms with van der Waals surface area (Å²) in [6.45, 7) is 0.837. The minimum atomic E-state index is -0.763. The Morgan fingerprint density at radius 2 is 2.04 bits per heavy atom. The second kappa shape index (κ2) is 7.14. The highest BCUT2D eigenvalue weighted by Gasteiger charge is 2.28. The van der Waals surface area contributed by atoms with Crippen molar-refractivity contribution >= 4 is 23.1 Å². The zero-order valence-electron chi connectivity index (χ0n) is 12.9. The van der Waals surface area contributed by atoms with Gasteiger partial charge in [0.05, 0.1) is 4.92 Å². The van der Waals surface area contributed by atoms with Gasteiger partial charge in [-0.25, -0.2) is 13.8 Å². The number of nitro groups is 1. The zero-order chi connectivity index (χ0) is 18.0. The Labute approximate surface area is 146 Å². The molecule has 3 rings (SSSR count). The maximum Gasteiger partial charge on any atom is 0.329 e. The number of rotatable bonds is 4. The van der Waals surface area contributed by atoms with Crippen molar-refractivity contribution in [1.29, 1.82) is 0 Å². The summed E-state index contributed by atoms with van der Waals surface area (Å²) in [7, 11) is 0. The van der Waals surface area contributed by atoms with Crippen molar-refractivity contribution in [1.82, 2.24) is 9.97 Å². The van der Waals surface area contributed by atoms with Crippen LogP contribution in [0.4, 0.5) is 20.3 Å². The molecule has 1 fully saturated rings. The lowest BCUT2D eigenvalue weighted by Gasteiger charge is -2.32. The Morgan fingerprint density at radius 1 is 1.32 bits per heavy atom. The van der Waals surface area contributed by atoms with Gasteiger partial charge < -0.3 is 9.64 Å². The van der Waals surface area contributed by atoms with Gasteiger partial charge in [-0.3, -0.25) is 10.1 Å². The van der Waals surface area contributed by atoms with E-state index in [2.05, 4.69) is 9.97 Å². The zero-order valence-corrected chi connectivity index (χ0v) is 13.6. The van der Waals surface area contributed by atoms with Crippen LogP contribution < -0.4 is 9.64 Å². The van der Waals surface area contributed by atoms with E-state index in [1.54, 1.807) is 4.90 Å². The van der Waals surface area contributed by atoms with Crippen molar-refractivity contribution in [3.8, 4) is 5.75 Å². The largest absolute Gasteiger partial charge is 0.487 e. The Kier molecular flexibility index (Phi) is 4.93. The van der Waals surface area contributed by atoms with Crippen LogP contribution in [0.15, 0.2) is 24.4 Å². The number of hydrogen-bond acceptors (Lipinski definition) is 6. The number of aromatic nitrogens is 2. The fourth-order valence-corrected chi connectivity index (χ4v) is 2.77. The molecule has 1 aromatic heterocycles. The topological polar surface area (TPSA) is 81.4 Å². The highest BCUT2D eigenvalue weighted by molar-refractivity contribution is 6.28. The molecule has 0 spiro atoms. The molecular weight excluding hydrogens is 358 g/mol. The molecule has 0 atom stereocenters. The molecule has 2 aromatic rings. The molecule has 0 saturated carbocycles. The molecule has 0 N–H and O–H groups in total. The van der Waals surface area contributed by atoms with E-state index in [4.69, 9.17) is 16.3 Å². The number of benzene rings is 1. The van der Waals surface area contributed by atoms with Crippen LogP contribution in [-0.2, 0) is 0 Å². The smallest absolute Gasteiger partial charge is 0.329 e. The Balaban J connectivity index is 1.68. The van der Waals surface area contributed by atoms with Gasteiger partial charge in [-0.15, -0.1) is 0 Å². The van der Waals surface area contributed by atoms with Crippen molar-refractivity contribution in [3.63, 3.8) is 0 Å². The van der Waals surface area contributed by atoms with E-state index in [1.165, 1.54) is 6.07 Å². The van der Waals surface area contributed by atoms with Crippen LogP contribution in [0.3, 0.4) is 0 Å². The van der Waals surface area contributed by atoms with E-state index in [9.17, 15) is 18.9 Å². The third-order valence-corrected chi connectivity index (χ3v) is 4.03. The van der Waals surface area contributed by atoms with Gasteiger partial charge in [0, 0.05) is 32.0 Å². The van der Waals surface area contributed by atoms with Gasteiger partial charge in [0.25, 0.3) is 0 Å². The molecule has 0 radical (unpaired) electrons. The summed E-state index contributed by atoms with van der Waals surface area (Å²) in [5.74, 6) is -1.31. The Morgan fingerprint density at radius 3 is 2.68 bits per heavy atom. The maximum absolute atomic E-state index is 13.7.